The van der Waals surface area contributed by atoms with Crippen LogP contribution in [0, 0.1) is 6.92 Å². The van der Waals surface area contributed by atoms with Crippen LogP contribution in [-0.4, -0.2) is 19.6 Å². The maximum Gasteiger partial charge on any atom is 0.261 e. The number of methoxy groups -OCH3 is 1. The van der Waals surface area contributed by atoms with E-state index in [0.29, 0.717) is 6.54 Å². The van der Waals surface area contributed by atoms with Crippen molar-refractivity contribution in [2.75, 3.05) is 13.7 Å². The first-order valence-corrected chi connectivity index (χ1v) is 7.93. The fourth-order valence-corrected chi connectivity index (χ4v) is 3.18. The van der Waals surface area contributed by atoms with Crippen LogP contribution in [0.25, 0.3) is 0 Å². The lowest BCUT2D eigenvalue weighted by molar-refractivity contribution is -0.0164. The first kappa shape index (κ1) is 15.7. The maximum absolute atomic E-state index is 12.2. The average Bonchev–Trinajstić information content (AvgIpc) is 2.96. The molecule has 1 N–H and O–H groups in total. The number of rotatable bonds is 6. The Morgan fingerprint density at radius 3 is 2.57 bits per heavy atom. The molecule has 0 radical (unpaired) electrons. The summed E-state index contributed by atoms with van der Waals surface area (Å²) in [5.41, 5.74) is 1.71. The van der Waals surface area contributed by atoms with Crippen LogP contribution in [-0.2, 0) is 10.3 Å². The Balaban J connectivity index is 2.12. The highest BCUT2D eigenvalue weighted by Gasteiger charge is 2.30. The molecule has 1 amide bonds. The van der Waals surface area contributed by atoms with Gasteiger partial charge < -0.3 is 10.1 Å². The number of aryl methyl sites for hydroxylation is 1. The molecule has 1 aromatic heterocycles. The van der Waals surface area contributed by atoms with E-state index in [0.717, 1.165) is 22.4 Å². The molecule has 3 nitrogen and oxygen atoms in total. The van der Waals surface area contributed by atoms with Crippen LogP contribution in [0.15, 0.2) is 41.8 Å². The summed E-state index contributed by atoms with van der Waals surface area (Å²) in [4.78, 5) is 12.9. The lowest BCUT2D eigenvalue weighted by Crippen LogP contribution is -2.41. The number of carbonyl (C=O) groups excluding carboxylic acids is 1. The van der Waals surface area contributed by atoms with Gasteiger partial charge in [0.2, 0.25) is 0 Å². The van der Waals surface area contributed by atoms with E-state index in [1.807, 2.05) is 48.7 Å². The van der Waals surface area contributed by atoms with Gasteiger partial charge in [-0.25, -0.2) is 0 Å². The fourth-order valence-electron chi connectivity index (χ4n) is 2.37. The van der Waals surface area contributed by atoms with Crippen molar-refractivity contribution >= 4 is 17.2 Å². The summed E-state index contributed by atoms with van der Waals surface area (Å²) in [6, 6.07) is 11.9. The summed E-state index contributed by atoms with van der Waals surface area (Å²) >= 11 is 1.47. The van der Waals surface area contributed by atoms with Crippen LogP contribution in [0.3, 0.4) is 0 Å². The molecule has 4 heteroatoms. The summed E-state index contributed by atoms with van der Waals surface area (Å²) in [5, 5.41) is 4.98. The molecule has 0 bridgehead atoms. The van der Waals surface area contributed by atoms with E-state index in [1.54, 1.807) is 7.11 Å². The van der Waals surface area contributed by atoms with Gasteiger partial charge in [0.05, 0.1) is 11.4 Å². The van der Waals surface area contributed by atoms with E-state index in [9.17, 15) is 4.79 Å². The van der Waals surface area contributed by atoms with Crippen LogP contribution in [0.5, 0.6) is 0 Å². The van der Waals surface area contributed by atoms with Crippen molar-refractivity contribution in [1.29, 1.82) is 0 Å². The number of carbonyl (C=O) groups is 1. The van der Waals surface area contributed by atoms with Gasteiger partial charge in [0.1, 0.15) is 5.60 Å². The second-order valence-electron chi connectivity index (χ2n) is 5.09. The zero-order valence-corrected chi connectivity index (χ0v) is 13.5. The predicted molar refractivity (Wildman–Crippen MR) is 86.8 cm³/mol. The Labute approximate surface area is 130 Å². The van der Waals surface area contributed by atoms with Gasteiger partial charge in [0, 0.05) is 7.11 Å². The Morgan fingerprint density at radius 1 is 1.33 bits per heavy atom. The van der Waals surface area contributed by atoms with Gasteiger partial charge in [-0.1, -0.05) is 37.3 Å². The summed E-state index contributed by atoms with van der Waals surface area (Å²) in [6.07, 6.45) is 0.789. The molecule has 1 aromatic carbocycles. The molecule has 0 aliphatic carbocycles. The van der Waals surface area contributed by atoms with Crippen LogP contribution in [0.2, 0.25) is 0 Å². The van der Waals surface area contributed by atoms with Crippen molar-refractivity contribution in [3.05, 3.63) is 57.8 Å². The molecule has 21 heavy (non-hydrogen) atoms. The van der Waals surface area contributed by atoms with Crippen LogP contribution >= 0.6 is 11.3 Å². The Hall–Kier alpha value is -1.65. The predicted octanol–water partition coefficient (Wildman–Crippen LogP) is 3.74. The third-order valence-corrected chi connectivity index (χ3v) is 4.80. The van der Waals surface area contributed by atoms with Crippen LogP contribution in [0.1, 0.15) is 34.1 Å². The average molecular weight is 303 g/mol. The normalized spacial score (nSPS) is 13.7. The lowest BCUT2D eigenvalue weighted by atomic mass is 9.90. The third-order valence-electron chi connectivity index (χ3n) is 3.75. The fraction of sp³-hybridized carbons (Fsp3) is 0.353. The number of hydrogen-bond donors (Lipinski definition) is 1. The minimum atomic E-state index is -0.483. The van der Waals surface area contributed by atoms with E-state index in [2.05, 4.69) is 12.2 Å². The topological polar surface area (TPSA) is 38.3 Å². The molecule has 112 valence electrons. The molecule has 1 heterocycles. The number of nitrogens with one attached hydrogen (secondary N) is 1. The molecule has 0 fully saturated rings. The van der Waals surface area contributed by atoms with Crippen LogP contribution < -0.4 is 5.32 Å². The SMILES string of the molecule is CCC(CNC(=O)c1cc(C)cs1)(OC)c1ccccc1. The molecule has 0 saturated heterocycles. The summed E-state index contributed by atoms with van der Waals surface area (Å²) in [6.45, 7) is 4.51. The number of thiophene rings is 1. The molecule has 0 saturated carbocycles. The maximum atomic E-state index is 12.2. The van der Waals surface area contributed by atoms with Gasteiger partial charge >= 0.3 is 0 Å². The second kappa shape index (κ2) is 6.87. The highest BCUT2D eigenvalue weighted by Crippen LogP contribution is 2.28. The molecule has 2 aromatic rings. The third kappa shape index (κ3) is 3.52. The standard InChI is InChI=1S/C17H21NO2S/c1-4-17(20-3,14-8-6-5-7-9-14)12-18-16(19)15-10-13(2)11-21-15/h5-11H,4,12H2,1-3H3,(H,18,19). The van der Waals surface area contributed by atoms with E-state index >= 15 is 0 Å². The zero-order valence-electron chi connectivity index (χ0n) is 12.7. The van der Waals surface area contributed by atoms with Gasteiger partial charge in [-0.05, 0) is 35.9 Å². The molecule has 2 rings (SSSR count). The minimum absolute atomic E-state index is 0.0427. The molecular formula is C17H21NO2S. The molecule has 1 atom stereocenters. The molecule has 0 spiro atoms. The first-order chi connectivity index (χ1) is 10.1. The van der Waals surface area contributed by atoms with Gasteiger partial charge in [0.25, 0.3) is 5.91 Å². The highest BCUT2D eigenvalue weighted by atomic mass is 32.1. The summed E-state index contributed by atoms with van der Waals surface area (Å²) in [5.74, 6) is -0.0427. The van der Waals surface area contributed by atoms with Crippen molar-refractivity contribution in [3.63, 3.8) is 0 Å². The summed E-state index contributed by atoms with van der Waals surface area (Å²) in [7, 11) is 1.69. The molecular weight excluding hydrogens is 282 g/mol. The van der Waals surface area contributed by atoms with Crippen molar-refractivity contribution in [2.45, 2.75) is 25.9 Å². The van der Waals surface area contributed by atoms with E-state index in [1.165, 1.54) is 11.3 Å². The largest absolute Gasteiger partial charge is 0.372 e. The van der Waals surface area contributed by atoms with Gasteiger partial charge in [-0.2, -0.15) is 0 Å². The first-order valence-electron chi connectivity index (χ1n) is 7.05. The van der Waals surface area contributed by atoms with Crippen LogP contribution in [0.4, 0.5) is 0 Å². The van der Waals surface area contributed by atoms with Crippen molar-refractivity contribution in [3.8, 4) is 0 Å². The quantitative estimate of drug-likeness (QED) is 0.883. The Kier molecular flexibility index (Phi) is 5.15. The Bertz CT molecular complexity index is 588. The monoisotopic (exact) mass is 303 g/mol. The highest BCUT2D eigenvalue weighted by molar-refractivity contribution is 7.12. The van der Waals surface area contributed by atoms with Crippen molar-refractivity contribution in [1.82, 2.24) is 5.32 Å². The molecule has 1 unspecified atom stereocenters. The van der Waals surface area contributed by atoms with Gasteiger partial charge in [-0.15, -0.1) is 11.3 Å². The number of hydrogen-bond acceptors (Lipinski definition) is 3. The Morgan fingerprint density at radius 2 is 2.05 bits per heavy atom. The minimum Gasteiger partial charge on any atom is -0.372 e. The second-order valence-corrected chi connectivity index (χ2v) is 6.00. The van der Waals surface area contributed by atoms with E-state index in [4.69, 9.17) is 4.74 Å². The number of ether oxygens (including phenoxy) is 1. The zero-order chi connectivity index (χ0) is 15.3. The van der Waals surface area contributed by atoms with Gasteiger partial charge in [0.15, 0.2) is 0 Å². The smallest absolute Gasteiger partial charge is 0.261 e. The van der Waals surface area contributed by atoms with Gasteiger partial charge in [-0.3, -0.25) is 4.79 Å². The van der Waals surface area contributed by atoms with E-state index < -0.39 is 5.60 Å². The number of benzene rings is 1. The van der Waals surface area contributed by atoms with Crippen molar-refractivity contribution < 1.29 is 9.53 Å². The summed E-state index contributed by atoms with van der Waals surface area (Å²) < 4.78 is 5.75. The molecule has 0 aliphatic heterocycles. The van der Waals surface area contributed by atoms with Crippen molar-refractivity contribution in [2.24, 2.45) is 0 Å². The molecule has 0 aliphatic rings. The van der Waals surface area contributed by atoms with E-state index in [-0.39, 0.29) is 5.91 Å². The number of amides is 1. The lowest BCUT2D eigenvalue weighted by Gasteiger charge is -2.32.